The van der Waals surface area contributed by atoms with Gasteiger partial charge in [0.2, 0.25) is 0 Å². The molecular weight excluding hydrogens is 208 g/mol. The maximum Gasteiger partial charge on any atom is 0.0466 e. The molecule has 0 aromatic heterocycles. The Morgan fingerprint density at radius 1 is 0.294 bits per heavy atom. The van der Waals surface area contributed by atoms with Crippen molar-refractivity contribution in [2.45, 2.75) is 89.9 Å². The molecule has 4 fully saturated rings. The van der Waals surface area contributed by atoms with Crippen LogP contribution in [-0.4, -0.2) is 13.2 Å². The second-order valence-corrected chi connectivity index (χ2v) is 5.56. The van der Waals surface area contributed by atoms with Crippen LogP contribution in [0.3, 0.4) is 0 Å². The largest absolute Gasteiger partial charge is 0.381 e. The minimum Gasteiger partial charge on any atom is -0.381 e. The highest BCUT2D eigenvalue weighted by Gasteiger charge is 1.96. The fourth-order valence-corrected chi connectivity index (χ4v) is 1.26. The van der Waals surface area contributed by atoms with Crippen molar-refractivity contribution in [2.24, 2.45) is 0 Å². The molecule has 0 atom stereocenters. The number of hydrogen-bond donors (Lipinski definition) is 0. The Morgan fingerprint density at radius 3 is 0.588 bits per heavy atom. The minimum absolute atomic E-state index is 1.00. The van der Waals surface area contributed by atoms with Crippen molar-refractivity contribution in [1.82, 2.24) is 0 Å². The van der Waals surface area contributed by atoms with Gasteiger partial charge in [0.15, 0.2) is 0 Å². The molecule has 1 heterocycles. The minimum atomic E-state index is 1.00. The normalized spacial score (nSPS) is 24.0. The van der Waals surface area contributed by atoms with Crippen molar-refractivity contribution >= 4 is 0 Å². The highest BCUT2D eigenvalue weighted by Crippen LogP contribution is 2.15. The van der Waals surface area contributed by atoms with Gasteiger partial charge in [0.05, 0.1) is 0 Å². The van der Waals surface area contributed by atoms with E-state index in [-0.39, 0.29) is 0 Å². The SMILES string of the molecule is C1CCC1.C1CCC1.C1CCC1.C1CCOC1. The van der Waals surface area contributed by atoms with Crippen LogP contribution in [0.2, 0.25) is 0 Å². The van der Waals surface area contributed by atoms with Crippen molar-refractivity contribution in [3.8, 4) is 0 Å². The van der Waals surface area contributed by atoms with Gasteiger partial charge in [0.25, 0.3) is 0 Å². The number of rotatable bonds is 0. The van der Waals surface area contributed by atoms with Gasteiger partial charge in [0.1, 0.15) is 0 Å². The summed E-state index contributed by atoms with van der Waals surface area (Å²) in [5.74, 6) is 0. The summed E-state index contributed by atoms with van der Waals surface area (Å²) in [6.45, 7) is 2.00. The summed E-state index contributed by atoms with van der Waals surface area (Å²) in [4.78, 5) is 0. The van der Waals surface area contributed by atoms with Gasteiger partial charge >= 0.3 is 0 Å². The number of hydrogen-bond acceptors (Lipinski definition) is 1. The lowest BCUT2D eigenvalue weighted by atomic mass is 10.0. The van der Waals surface area contributed by atoms with Crippen LogP contribution in [0.25, 0.3) is 0 Å². The van der Waals surface area contributed by atoms with Crippen LogP contribution >= 0.6 is 0 Å². The van der Waals surface area contributed by atoms with Gasteiger partial charge in [-0.15, -0.1) is 0 Å². The molecule has 1 nitrogen and oxygen atoms in total. The highest BCUT2D eigenvalue weighted by atomic mass is 16.5. The Kier molecular flexibility index (Phi) is 11.0. The summed E-state index contributed by atoms with van der Waals surface area (Å²) in [7, 11) is 0. The summed E-state index contributed by atoms with van der Waals surface area (Å²) < 4.78 is 4.94. The van der Waals surface area contributed by atoms with Crippen LogP contribution in [0.5, 0.6) is 0 Å². The maximum absolute atomic E-state index is 4.94. The zero-order valence-electron chi connectivity index (χ0n) is 11.7. The van der Waals surface area contributed by atoms with Crippen molar-refractivity contribution < 1.29 is 4.74 Å². The summed E-state index contributed by atoms with van der Waals surface area (Å²) >= 11 is 0. The van der Waals surface area contributed by atoms with Crippen LogP contribution < -0.4 is 0 Å². The summed E-state index contributed by atoms with van der Waals surface area (Å²) in [5.41, 5.74) is 0. The first-order valence-electron chi connectivity index (χ1n) is 8.08. The van der Waals surface area contributed by atoms with Crippen LogP contribution in [0, 0.1) is 0 Å². The first kappa shape index (κ1) is 15.0. The molecule has 0 unspecified atom stereocenters. The topological polar surface area (TPSA) is 9.23 Å². The van der Waals surface area contributed by atoms with Crippen molar-refractivity contribution in [3.63, 3.8) is 0 Å². The maximum atomic E-state index is 4.94. The molecule has 0 aromatic carbocycles. The predicted octanol–water partition coefficient (Wildman–Crippen LogP) is 5.48. The van der Waals surface area contributed by atoms with Gasteiger partial charge in [-0.2, -0.15) is 0 Å². The Labute approximate surface area is 108 Å². The first-order valence-corrected chi connectivity index (χ1v) is 8.08. The Bertz CT molecular complexity index is 89.8. The summed E-state index contributed by atoms with van der Waals surface area (Å²) in [6.07, 6.45) is 20.6. The van der Waals surface area contributed by atoms with E-state index in [1.165, 1.54) is 89.9 Å². The molecule has 0 radical (unpaired) electrons. The molecule has 0 aromatic rings. The second kappa shape index (κ2) is 12.4. The molecule has 1 aliphatic heterocycles. The fourth-order valence-electron chi connectivity index (χ4n) is 1.26. The second-order valence-electron chi connectivity index (χ2n) is 5.56. The standard InChI is InChI=1S/C4H8O.3C4H8/c1-2-4-5-3-1;3*1-2-4-3-1/h1-4H2;3*1-4H2. The quantitative estimate of drug-likeness (QED) is 0.545. The third-order valence-corrected chi connectivity index (χ3v) is 3.83. The lowest BCUT2D eigenvalue weighted by Gasteiger charge is -2.05. The zero-order valence-corrected chi connectivity index (χ0v) is 11.7. The van der Waals surface area contributed by atoms with E-state index in [0.29, 0.717) is 0 Å². The van der Waals surface area contributed by atoms with Crippen LogP contribution in [0.4, 0.5) is 0 Å². The van der Waals surface area contributed by atoms with Crippen molar-refractivity contribution in [3.05, 3.63) is 0 Å². The average Bonchev–Trinajstić information content (AvgIpc) is 2.45. The van der Waals surface area contributed by atoms with Gasteiger partial charge in [0, 0.05) is 13.2 Å². The number of ether oxygens (including phenoxy) is 1. The molecule has 0 spiro atoms. The molecule has 4 rings (SSSR count). The van der Waals surface area contributed by atoms with E-state index in [9.17, 15) is 0 Å². The Morgan fingerprint density at radius 2 is 0.529 bits per heavy atom. The molecule has 0 bridgehead atoms. The van der Waals surface area contributed by atoms with Crippen LogP contribution in [-0.2, 0) is 4.74 Å². The van der Waals surface area contributed by atoms with E-state index in [4.69, 9.17) is 4.74 Å². The molecule has 3 aliphatic carbocycles. The van der Waals surface area contributed by atoms with E-state index in [1.54, 1.807) is 0 Å². The summed E-state index contributed by atoms with van der Waals surface area (Å²) in [5, 5.41) is 0. The van der Waals surface area contributed by atoms with Gasteiger partial charge in [-0.05, 0) is 12.8 Å². The molecule has 17 heavy (non-hydrogen) atoms. The van der Waals surface area contributed by atoms with Crippen LogP contribution in [0.15, 0.2) is 0 Å². The highest BCUT2D eigenvalue weighted by molar-refractivity contribution is 4.51. The van der Waals surface area contributed by atoms with Crippen molar-refractivity contribution in [2.75, 3.05) is 13.2 Å². The third kappa shape index (κ3) is 10.8. The fraction of sp³-hybridized carbons (Fsp3) is 1.00. The smallest absolute Gasteiger partial charge is 0.0466 e. The molecule has 3 saturated carbocycles. The molecule has 102 valence electrons. The lowest BCUT2D eigenvalue weighted by Crippen LogP contribution is -1.85. The molecule has 1 saturated heterocycles. The monoisotopic (exact) mass is 240 g/mol. The van der Waals surface area contributed by atoms with Crippen molar-refractivity contribution in [1.29, 1.82) is 0 Å². The predicted molar refractivity (Wildman–Crippen MR) is 75.5 cm³/mol. The molecule has 1 heteroatoms. The Balaban J connectivity index is 0.000000114. The van der Waals surface area contributed by atoms with Gasteiger partial charge in [-0.25, -0.2) is 0 Å². The van der Waals surface area contributed by atoms with E-state index in [1.807, 2.05) is 0 Å². The van der Waals surface area contributed by atoms with E-state index in [0.717, 1.165) is 13.2 Å². The molecule has 4 aliphatic rings. The average molecular weight is 240 g/mol. The zero-order chi connectivity index (χ0) is 12.0. The van der Waals surface area contributed by atoms with E-state index < -0.39 is 0 Å². The third-order valence-electron chi connectivity index (χ3n) is 3.83. The molecule has 0 N–H and O–H groups in total. The van der Waals surface area contributed by atoms with Gasteiger partial charge < -0.3 is 4.74 Å². The van der Waals surface area contributed by atoms with E-state index >= 15 is 0 Å². The van der Waals surface area contributed by atoms with Gasteiger partial charge in [-0.3, -0.25) is 0 Å². The van der Waals surface area contributed by atoms with E-state index in [2.05, 4.69) is 0 Å². The first-order chi connectivity index (χ1) is 8.50. The summed E-state index contributed by atoms with van der Waals surface area (Å²) in [6, 6.07) is 0. The van der Waals surface area contributed by atoms with Crippen LogP contribution in [0.1, 0.15) is 89.9 Å². The lowest BCUT2D eigenvalue weighted by molar-refractivity contribution is 0.198. The molecular formula is C16H32O. The Hall–Kier alpha value is -0.0400. The molecule has 0 amide bonds. The van der Waals surface area contributed by atoms with Gasteiger partial charge in [-0.1, -0.05) is 77.0 Å².